The van der Waals surface area contributed by atoms with Gasteiger partial charge in [-0.1, -0.05) is 12.1 Å². The van der Waals surface area contributed by atoms with Crippen molar-refractivity contribution in [2.24, 2.45) is 0 Å². The van der Waals surface area contributed by atoms with E-state index < -0.39 is 11.2 Å². The lowest BCUT2D eigenvalue weighted by Crippen LogP contribution is -2.38. The Balaban J connectivity index is 1.64. The van der Waals surface area contributed by atoms with Gasteiger partial charge in [-0.25, -0.2) is 4.79 Å². The maximum Gasteiger partial charge on any atom is 0.352 e. The largest absolute Gasteiger partial charge is 0.352 e. The molecule has 156 valence electrons. The van der Waals surface area contributed by atoms with E-state index in [9.17, 15) is 14.4 Å². The van der Waals surface area contributed by atoms with E-state index in [2.05, 4.69) is 15.3 Å². The molecule has 31 heavy (non-hydrogen) atoms. The predicted molar refractivity (Wildman–Crippen MR) is 117 cm³/mol. The number of aryl methyl sites for hydroxylation is 2. The molecular formula is C23H21N5O3. The van der Waals surface area contributed by atoms with E-state index in [-0.39, 0.29) is 30.4 Å². The van der Waals surface area contributed by atoms with Crippen LogP contribution in [-0.2, 0) is 17.9 Å². The second-order valence-electron chi connectivity index (χ2n) is 7.44. The first-order chi connectivity index (χ1) is 14.9. The molecule has 1 aromatic heterocycles. The van der Waals surface area contributed by atoms with E-state index in [0.717, 1.165) is 21.3 Å². The van der Waals surface area contributed by atoms with Gasteiger partial charge in [0, 0.05) is 24.3 Å². The average molecular weight is 415 g/mol. The molecule has 3 heterocycles. The normalized spacial score (nSPS) is 10.9. The Morgan fingerprint density at radius 2 is 1.84 bits per heavy atom. The maximum absolute atomic E-state index is 12.9. The molecule has 2 aromatic rings. The van der Waals surface area contributed by atoms with Gasteiger partial charge in [-0.3, -0.25) is 19.1 Å². The zero-order valence-corrected chi connectivity index (χ0v) is 17.2. The second-order valence-corrected chi connectivity index (χ2v) is 7.44. The van der Waals surface area contributed by atoms with Crippen molar-refractivity contribution in [3.8, 4) is 11.4 Å². The number of carbonyl (C=O) groups is 1. The third-order valence-corrected chi connectivity index (χ3v) is 4.83. The van der Waals surface area contributed by atoms with Crippen molar-refractivity contribution >= 4 is 11.6 Å². The van der Waals surface area contributed by atoms with Gasteiger partial charge in [0.2, 0.25) is 5.91 Å². The summed E-state index contributed by atoms with van der Waals surface area (Å²) in [5.41, 5.74) is 2.64. The minimum Gasteiger partial charge on any atom is -0.325 e. The van der Waals surface area contributed by atoms with Gasteiger partial charge in [0.1, 0.15) is 6.54 Å². The molecule has 0 saturated carbocycles. The molecule has 4 rings (SSSR count). The van der Waals surface area contributed by atoms with Crippen molar-refractivity contribution in [3.05, 3.63) is 98.6 Å². The van der Waals surface area contributed by atoms with Crippen molar-refractivity contribution in [2.75, 3.05) is 5.32 Å². The Morgan fingerprint density at radius 1 is 1.06 bits per heavy atom. The fraction of sp³-hybridized carbons (Fsp3) is 0.174. The molecular weight excluding hydrogens is 394 g/mol. The zero-order valence-electron chi connectivity index (χ0n) is 17.2. The van der Waals surface area contributed by atoms with Crippen molar-refractivity contribution in [1.29, 1.82) is 0 Å². The highest BCUT2D eigenvalue weighted by Crippen LogP contribution is 2.16. The van der Waals surface area contributed by atoms with Crippen LogP contribution in [0, 0.1) is 13.8 Å². The SMILES string of the molecule is Cc1cc(C)cc(NC(=O)Cn2cccc3c(=O)n(Cc4cccnc4)c(=O)nc2-3)c1. The number of amides is 1. The number of pyridine rings is 2. The number of hydrogen-bond donors (Lipinski definition) is 1. The van der Waals surface area contributed by atoms with E-state index in [1.807, 2.05) is 32.0 Å². The molecule has 0 spiro atoms. The summed E-state index contributed by atoms with van der Waals surface area (Å²) >= 11 is 0. The number of carbonyl (C=O) groups excluding carboxylic acids is 1. The number of anilines is 1. The number of fused-ring (bicyclic) bond motifs is 1. The highest BCUT2D eigenvalue weighted by atomic mass is 16.2. The zero-order chi connectivity index (χ0) is 22.0. The Morgan fingerprint density at radius 3 is 2.55 bits per heavy atom. The molecule has 0 aliphatic carbocycles. The van der Waals surface area contributed by atoms with E-state index in [4.69, 9.17) is 0 Å². The van der Waals surface area contributed by atoms with E-state index >= 15 is 0 Å². The topological polar surface area (TPSA) is 98.9 Å². The molecule has 0 fully saturated rings. The average Bonchev–Trinajstić information content (AvgIpc) is 2.72. The van der Waals surface area contributed by atoms with Crippen LogP contribution in [0.25, 0.3) is 11.4 Å². The molecule has 1 N–H and O–H groups in total. The number of nitrogens with one attached hydrogen (secondary N) is 1. The van der Waals surface area contributed by atoms with Crippen LogP contribution in [-0.4, -0.2) is 25.0 Å². The van der Waals surface area contributed by atoms with Crippen LogP contribution in [0.1, 0.15) is 16.7 Å². The monoisotopic (exact) mass is 415 g/mol. The van der Waals surface area contributed by atoms with Crippen LogP contribution in [0.4, 0.5) is 5.69 Å². The van der Waals surface area contributed by atoms with Crippen molar-refractivity contribution in [2.45, 2.75) is 26.9 Å². The van der Waals surface area contributed by atoms with Crippen LogP contribution in [0.5, 0.6) is 0 Å². The van der Waals surface area contributed by atoms with Gasteiger partial charge in [0.15, 0.2) is 5.82 Å². The molecule has 0 radical (unpaired) electrons. The number of hydrogen-bond acceptors (Lipinski definition) is 5. The summed E-state index contributed by atoms with van der Waals surface area (Å²) in [5, 5.41) is 2.85. The molecule has 2 aliphatic rings. The van der Waals surface area contributed by atoms with E-state index in [0.29, 0.717) is 5.69 Å². The molecule has 8 heteroatoms. The first-order valence-corrected chi connectivity index (χ1v) is 9.78. The molecule has 0 atom stereocenters. The lowest BCUT2D eigenvalue weighted by atomic mass is 10.1. The van der Waals surface area contributed by atoms with Gasteiger partial charge < -0.3 is 9.88 Å². The molecule has 0 saturated heterocycles. The van der Waals surface area contributed by atoms with E-state index in [1.54, 1.807) is 42.9 Å². The first kappa shape index (κ1) is 20.2. The van der Waals surface area contributed by atoms with Gasteiger partial charge >= 0.3 is 5.69 Å². The Hall–Kier alpha value is -4.07. The first-order valence-electron chi connectivity index (χ1n) is 9.78. The third kappa shape index (κ3) is 4.42. The Bertz CT molecular complexity index is 1320. The fourth-order valence-electron chi connectivity index (χ4n) is 3.56. The lowest BCUT2D eigenvalue weighted by Gasteiger charge is -2.15. The fourth-order valence-corrected chi connectivity index (χ4v) is 3.56. The van der Waals surface area contributed by atoms with Gasteiger partial charge in [-0.05, 0) is 60.9 Å². The maximum atomic E-state index is 12.9. The van der Waals surface area contributed by atoms with Crippen molar-refractivity contribution < 1.29 is 4.79 Å². The second kappa shape index (κ2) is 8.35. The number of rotatable bonds is 5. The van der Waals surface area contributed by atoms with Gasteiger partial charge in [0.25, 0.3) is 5.56 Å². The summed E-state index contributed by atoms with van der Waals surface area (Å²) in [6.45, 7) is 3.91. The Kier molecular flexibility index (Phi) is 5.44. The number of nitrogens with zero attached hydrogens (tertiary/aromatic N) is 4. The molecule has 1 amide bonds. The van der Waals surface area contributed by atoms with Crippen LogP contribution < -0.4 is 16.6 Å². The molecule has 8 nitrogen and oxygen atoms in total. The summed E-state index contributed by atoms with van der Waals surface area (Å²) in [6.07, 6.45) is 4.84. The summed E-state index contributed by atoms with van der Waals surface area (Å²) in [5.74, 6) is -0.105. The van der Waals surface area contributed by atoms with Crippen LogP contribution in [0.2, 0.25) is 0 Å². The van der Waals surface area contributed by atoms with Gasteiger partial charge in [-0.2, -0.15) is 4.98 Å². The molecule has 0 unspecified atom stereocenters. The highest BCUT2D eigenvalue weighted by molar-refractivity contribution is 5.91. The van der Waals surface area contributed by atoms with Crippen LogP contribution in [0.15, 0.2) is 70.6 Å². The highest BCUT2D eigenvalue weighted by Gasteiger charge is 2.18. The quantitative estimate of drug-likeness (QED) is 0.539. The van der Waals surface area contributed by atoms with Crippen molar-refractivity contribution in [1.82, 2.24) is 19.1 Å². The third-order valence-electron chi connectivity index (χ3n) is 4.83. The summed E-state index contributed by atoms with van der Waals surface area (Å²) in [4.78, 5) is 46.2. The van der Waals surface area contributed by atoms with Gasteiger partial charge in [0.05, 0.1) is 12.1 Å². The van der Waals surface area contributed by atoms with Crippen LogP contribution >= 0.6 is 0 Å². The van der Waals surface area contributed by atoms with Crippen LogP contribution in [0.3, 0.4) is 0 Å². The standard InChI is InChI=1S/C23H21N5O3/c1-15-9-16(2)11-18(10-15)25-20(29)14-27-8-4-6-19-21(27)26-23(31)28(22(19)30)13-17-5-3-7-24-12-17/h3-12H,13-14H2,1-2H3,(H,25,29). The van der Waals surface area contributed by atoms with Gasteiger partial charge in [-0.15, -0.1) is 0 Å². The minimum atomic E-state index is -0.670. The molecule has 0 bridgehead atoms. The predicted octanol–water partition coefficient (Wildman–Crippen LogP) is 2.21. The number of benzene rings is 1. The Labute approximate surface area is 178 Å². The molecule has 2 aliphatic heterocycles. The summed E-state index contributed by atoms with van der Waals surface area (Å²) in [6, 6.07) is 12.6. The van der Waals surface area contributed by atoms with Crippen molar-refractivity contribution in [3.63, 3.8) is 0 Å². The minimum absolute atomic E-state index is 0.0799. The number of aromatic nitrogens is 4. The lowest BCUT2D eigenvalue weighted by molar-refractivity contribution is -0.116. The molecule has 1 aromatic carbocycles. The summed E-state index contributed by atoms with van der Waals surface area (Å²) in [7, 11) is 0. The van der Waals surface area contributed by atoms with E-state index in [1.165, 1.54) is 4.57 Å². The summed E-state index contributed by atoms with van der Waals surface area (Å²) < 4.78 is 2.57. The smallest absolute Gasteiger partial charge is 0.325 e.